The number of hydrogen-bond acceptors (Lipinski definition) is 6. The third-order valence-corrected chi connectivity index (χ3v) is 4.10. The second-order valence-corrected chi connectivity index (χ2v) is 5.89. The zero-order valence-corrected chi connectivity index (χ0v) is 14.9. The van der Waals surface area contributed by atoms with Crippen LogP contribution in [-0.4, -0.2) is 31.8 Å². The van der Waals surface area contributed by atoms with E-state index in [0.717, 1.165) is 4.57 Å². The van der Waals surface area contributed by atoms with Crippen molar-refractivity contribution in [3.63, 3.8) is 0 Å². The van der Waals surface area contributed by atoms with Crippen LogP contribution < -0.4 is 16.0 Å². The van der Waals surface area contributed by atoms with Crippen molar-refractivity contribution in [1.29, 1.82) is 0 Å². The van der Waals surface area contributed by atoms with E-state index in [0.29, 0.717) is 5.56 Å². The molecule has 0 saturated heterocycles. The van der Waals surface area contributed by atoms with Crippen LogP contribution in [0.2, 0.25) is 0 Å². The van der Waals surface area contributed by atoms with E-state index in [-0.39, 0.29) is 23.5 Å². The van der Waals surface area contributed by atoms with Gasteiger partial charge in [0.15, 0.2) is 22.7 Å². The Bertz CT molecular complexity index is 1140. The summed E-state index contributed by atoms with van der Waals surface area (Å²) < 4.78 is 27.0. The molecule has 2 heterocycles. The number of rotatable bonds is 5. The average molecular weight is 376 g/mol. The van der Waals surface area contributed by atoms with Gasteiger partial charge >= 0.3 is 11.7 Å². The number of fused-ring (bicyclic) bond motifs is 1. The predicted octanol–water partition coefficient (Wildman–Crippen LogP) is 0.325. The van der Waals surface area contributed by atoms with Crippen molar-refractivity contribution in [2.45, 2.75) is 13.2 Å². The van der Waals surface area contributed by atoms with Crippen molar-refractivity contribution in [1.82, 2.24) is 18.7 Å². The highest BCUT2D eigenvalue weighted by Crippen LogP contribution is 2.18. The molecule has 0 atom stereocenters. The fourth-order valence-corrected chi connectivity index (χ4v) is 2.67. The maximum Gasteiger partial charge on any atom is 0.333 e. The third kappa shape index (κ3) is 3.33. The monoisotopic (exact) mass is 376 g/mol. The smallest absolute Gasteiger partial charge is 0.333 e. The number of nitrogens with zero attached hydrogens (tertiary/aromatic N) is 4. The number of methoxy groups -OCH3 is 1. The molecule has 27 heavy (non-hydrogen) atoms. The first kappa shape index (κ1) is 18.4. The number of esters is 1. The van der Waals surface area contributed by atoms with Gasteiger partial charge in [0.2, 0.25) is 0 Å². The van der Waals surface area contributed by atoms with Gasteiger partial charge in [-0.25, -0.2) is 18.7 Å². The molecule has 142 valence electrons. The summed E-state index contributed by atoms with van der Waals surface area (Å²) in [6, 6.07) is 4.14. The molecule has 3 aromatic rings. The van der Waals surface area contributed by atoms with Crippen LogP contribution in [-0.2, 0) is 36.8 Å². The van der Waals surface area contributed by atoms with Gasteiger partial charge in [-0.05, 0) is 17.7 Å². The number of carbonyl (C=O) groups excluding carboxylic acids is 1. The van der Waals surface area contributed by atoms with Gasteiger partial charge in [-0.1, -0.05) is 6.07 Å². The number of benzene rings is 1. The Labute approximate surface area is 152 Å². The van der Waals surface area contributed by atoms with Crippen LogP contribution in [0.5, 0.6) is 5.75 Å². The largest absolute Gasteiger partial charge is 0.494 e. The molecule has 1 aromatic carbocycles. The maximum absolute atomic E-state index is 13.7. The number of aryl methyl sites for hydroxylation is 2. The van der Waals surface area contributed by atoms with Crippen molar-refractivity contribution in [2.75, 3.05) is 7.11 Å². The molecule has 3 rings (SSSR count). The molecule has 0 bridgehead atoms. The van der Waals surface area contributed by atoms with Crippen LogP contribution in [0.15, 0.2) is 34.1 Å². The number of carbonyl (C=O) groups is 1. The minimum Gasteiger partial charge on any atom is -0.494 e. The van der Waals surface area contributed by atoms with Gasteiger partial charge in [-0.15, -0.1) is 0 Å². The van der Waals surface area contributed by atoms with E-state index in [9.17, 15) is 18.8 Å². The molecule has 0 radical (unpaired) electrons. The highest BCUT2D eigenvalue weighted by atomic mass is 19.1. The third-order valence-electron chi connectivity index (χ3n) is 4.10. The Morgan fingerprint density at radius 1 is 1.26 bits per heavy atom. The molecule has 0 aliphatic carbocycles. The molecule has 9 nitrogen and oxygen atoms in total. The second-order valence-electron chi connectivity index (χ2n) is 5.89. The van der Waals surface area contributed by atoms with Gasteiger partial charge in [0.1, 0.15) is 13.2 Å². The maximum atomic E-state index is 13.7. The van der Waals surface area contributed by atoms with E-state index in [2.05, 4.69) is 4.98 Å². The van der Waals surface area contributed by atoms with Gasteiger partial charge in [-0.3, -0.25) is 14.2 Å². The highest BCUT2D eigenvalue weighted by molar-refractivity contribution is 5.72. The van der Waals surface area contributed by atoms with Crippen LogP contribution in [0.1, 0.15) is 5.56 Å². The lowest BCUT2D eigenvalue weighted by atomic mass is 10.2. The van der Waals surface area contributed by atoms with E-state index in [4.69, 9.17) is 9.47 Å². The summed E-state index contributed by atoms with van der Waals surface area (Å²) in [5, 5.41) is 0. The number of aromatic nitrogens is 4. The van der Waals surface area contributed by atoms with Gasteiger partial charge in [-0.2, -0.15) is 0 Å². The topological polar surface area (TPSA) is 97.3 Å². The lowest BCUT2D eigenvalue weighted by Crippen LogP contribution is -2.41. The Balaban J connectivity index is 1.80. The van der Waals surface area contributed by atoms with Gasteiger partial charge in [0, 0.05) is 14.1 Å². The average Bonchev–Trinajstić information content (AvgIpc) is 3.03. The molecule has 0 N–H and O–H groups in total. The molecule has 0 unspecified atom stereocenters. The van der Waals surface area contributed by atoms with E-state index in [1.54, 1.807) is 13.1 Å². The summed E-state index contributed by atoms with van der Waals surface area (Å²) in [6.07, 6.45) is 1.41. The summed E-state index contributed by atoms with van der Waals surface area (Å²) in [7, 11) is 4.41. The number of ether oxygens (including phenoxy) is 2. The van der Waals surface area contributed by atoms with E-state index in [1.165, 1.54) is 41.8 Å². The summed E-state index contributed by atoms with van der Waals surface area (Å²) >= 11 is 0. The Hall–Kier alpha value is -3.43. The molecule has 0 aliphatic heterocycles. The predicted molar refractivity (Wildman–Crippen MR) is 93.0 cm³/mol. The van der Waals surface area contributed by atoms with Gasteiger partial charge in [0.25, 0.3) is 5.56 Å². The zero-order valence-electron chi connectivity index (χ0n) is 14.9. The lowest BCUT2D eigenvalue weighted by molar-refractivity contribution is -0.145. The molecule has 0 aliphatic rings. The van der Waals surface area contributed by atoms with Crippen LogP contribution in [0.3, 0.4) is 0 Å². The fourth-order valence-electron chi connectivity index (χ4n) is 2.67. The standard InChI is InChI=1S/C17H17FN4O5/c1-20-9-19-15-14(20)16(24)22(17(25)21(15)2)7-13(23)27-8-10-4-5-12(26-3)11(18)6-10/h4-6,9H,7-8H2,1-3H3. The molecule has 0 amide bonds. The SMILES string of the molecule is COc1ccc(COC(=O)Cn2c(=O)c3c(ncn3C)n(C)c2=O)cc1F. The number of hydrogen-bond donors (Lipinski definition) is 0. The first-order chi connectivity index (χ1) is 12.8. The normalized spacial score (nSPS) is 11.0. The van der Waals surface area contributed by atoms with Crippen LogP contribution >= 0.6 is 0 Å². The van der Waals surface area contributed by atoms with Crippen LogP contribution in [0.4, 0.5) is 4.39 Å². The minimum absolute atomic E-state index is 0.0737. The van der Waals surface area contributed by atoms with E-state index in [1.807, 2.05) is 0 Å². The Morgan fingerprint density at radius 3 is 2.67 bits per heavy atom. The van der Waals surface area contributed by atoms with Gasteiger partial charge < -0.3 is 14.0 Å². The highest BCUT2D eigenvalue weighted by Gasteiger charge is 2.17. The Morgan fingerprint density at radius 2 is 2.00 bits per heavy atom. The summed E-state index contributed by atoms with van der Waals surface area (Å²) in [5.41, 5.74) is -0.490. The van der Waals surface area contributed by atoms with Crippen molar-refractivity contribution in [3.8, 4) is 5.75 Å². The van der Waals surface area contributed by atoms with Crippen LogP contribution in [0.25, 0.3) is 11.2 Å². The van der Waals surface area contributed by atoms with Crippen LogP contribution in [0, 0.1) is 5.82 Å². The Kier molecular flexibility index (Phi) is 4.80. The molecular formula is C17H17FN4O5. The first-order valence-corrected chi connectivity index (χ1v) is 7.92. The number of halogens is 1. The molecule has 2 aromatic heterocycles. The summed E-state index contributed by atoms with van der Waals surface area (Å²) in [5.74, 6) is -1.31. The fraction of sp³-hybridized carbons (Fsp3) is 0.294. The van der Waals surface area contributed by atoms with E-state index < -0.39 is 29.6 Å². The molecular weight excluding hydrogens is 359 g/mol. The van der Waals surface area contributed by atoms with Gasteiger partial charge in [0.05, 0.1) is 13.4 Å². The minimum atomic E-state index is -0.799. The van der Waals surface area contributed by atoms with Crippen molar-refractivity contribution in [3.05, 3.63) is 56.7 Å². The lowest BCUT2D eigenvalue weighted by Gasteiger charge is -2.09. The number of imidazole rings is 1. The molecule has 0 fully saturated rings. The summed E-state index contributed by atoms with van der Waals surface area (Å²) in [4.78, 5) is 41.0. The van der Waals surface area contributed by atoms with E-state index >= 15 is 0 Å². The first-order valence-electron chi connectivity index (χ1n) is 7.92. The van der Waals surface area contributed by atoms with Crippen molar-refractivity contribution in [2.24, 2.45) is 14.1 Å². The quantitative estimate of drug-likeness (QED) is 0.595. The van der Waals surface area contributed by atoms with Crippen molar-refractivity contribution < 1.29 is 18.7 Å². The summed E-state index contributed by atoms with van der Waals surface area (Å²) in [6.45, 7) is -0.770. The second kappa shape index (κ2) is 7.06. The van der Waals surface area contributed by atoms with Crippen molar-refractivity contribution >= 4 is 17.1 Å². The molecule has 0 saturated carbocycles. The molecule has 10 heteroatoms. The molecule has 0 spiro atoms. The zero-order chi connectivity index (χ0) is 19.7.